The highest BCUT2D eigenvalue weighted by Crippen LogP contribution is 2.39. The number of hydrogen-bond acceptors (Lipinski definition) is 6. The van der Waals surface area contributed by atoms with Gasteiger partial charge in [-0.2, -0.15) is 4.98 Å². The second-order valence-corrected chi connectivity index (χ2v) is 7.56. The van der Waals surface area contributed by atoms with E-state index < -0.39 is 0 Å². The number of thioether (sulfide) groups is 1. The van der Waals surface area contributed by atoms with Crippen LogP contribution in [0.25, 0.3) is 11.3 Å². The number of para-hydroxylation sites is 1. The first-order valence-electron chi connectivity index (χ1n) is 9.36. The Balaban J connectivity index is 1.50. The zero-order chi connectivity index (χ0) is 19.5. The lowest BCUT2D eigenvalue weighted by Crippen LogP contribution is -2.17. The van der Waals surface area contributed by atoms with Crippen molar-refractivity contribution in [1.29, 1.82) is 0 Å². The van der Waals surface area contributed by atoms with Crippen molar-refractivity contribution in [1.82, 2.24) is 15.2 Å². The molecule has 0 amide bonds. The summed E-state index contributed by atoms with van der Waals surface area (Å²) in [6.07, 6.45) is -0.359. The van der Waals surface area contributed by atoms with Gasteiger partial charge in [0.2, 0.25) is 11.0 Å². The van der Waals surface area contributed by atoms with Gasteiger partial charge in [-0.1, -0.05) is 90.6 Å². The van der Waals surface area contributed by atoms with E-state index in [4.69, 9.17) is 9.72 Å². The smallest absolute Gasteiger partial charge is 0.247 e. The predicted molar refractivity (Wildman–Crippen MR) is 115 cm³/mol. The number of hydrogen-bond donors (Lipinski definition) is 1. The second kappa shape index (κ2) is 7.93. The maximum Gasteiger partial charge on any atom is 0.247 e. The Labute approximate surface area is 173 Å². The Kier molecular flexibility index (Phi) is 4.84. The molecule has 1 atom stereocenters. The molecule has 0 fully saturated rings. The molecule has 0 saturated heterocycles. The lowest BCUT2D eigenvalue weighted by molar-refractivity contribution is 0.225. The molecular formula is C23H18N4OS. The summed E-state index contributed by atoms with van der Waals surface area (Å²) >= 11 is 1.55. The van der Waals surface area contributed by atoms with E-state index in [9.17, 15) is 0 Å². The summed E-state index contributed by atoms with van der Waals surface area (Å²) < 4.78 is 6.28. The normalized spacial score (nSPS) is 14.7. The molecule has 1 aliphatic heterocycles. The standard InChI is InChI=1S/C23H18N4OS/c1-3-9-16(10-4-1)15-29-23-25-22-20(26-27-23)18-13-7-8-14-19(18)24-21(28-22)17-11-5-2-6-12-17/h1-14,21,24H,15H2. The molecule has 1 aromatic heterocycles. The first-order valence-corrected chi connectivity index (χ1v) is 10.3. The first kappa shape index (κ1) is 17.7. The number of rotatable bonds is 4. The lowest BCUT2D eigenvalue weighted by atomic mass is 10.1. The minimum absolute atomic E-state index is 0.359. The molecular weight excluding hydrogens is 380 g/mol. The van der Waals surface area contributed by atoms with Crippen molar-refractivity contribution in [3.63, 3.8) is 0 Å². The van der Waals surface area contributed by atoms with E-state index in [0.29, 0.717) is 16.7 Å². The highest BCUT2D eigenvalue weighted by atomic mass is 32.2. The summed E-state index contributed by atoms with van der Waals surface area (Å²) in [5.41, 5.74) is 4.76. The molecule has 0 aliphatic carbocycles. The summed E-state index contributed by atoms with van der Waals surface area (Å²) in [7, 11) is 0. The van der Waals surface area contributed by atoms with Crippen LogP contribution in [0.1, 0.15) is 17.4 Å². The van der Waals surface area contributed by atoms with E-state index in [-0.39, 0.29) is 6.23 Å². The third kappa shape index (κ3) is 3.79. The molecule has 1 aliphatic rings. The highest BCUT2D eigenvalue weighted by Gasteiger charge is 2.25. The van der Waals surface area contributed by atoms with Crippen molar-refractivity contribution in [2.75, 3.05) is 5.32 Å². The minimum atomic E-state index is -0.359. The van der Waals surface area contributed by atoms with Gasteiger partial charge in [0.1, 0.15) is 0 Å². The Bertz CT molecular complexity index is 1120. The number of nitrogens with one attached hydrogen (secondary N) is 1. The van der Waals surface area contributed by atoms with Crippen molar-refractivity contribution in [3.05, 3.63) is 96.1 Å². The van der Waals surface area contributed by atoms with Gasteiger partial charge in [0, 0.05) is 22.6 Å². The Hall–Kier alpha value is -3.38. The second-order valence-electron chi connectivity index (χ2n) is 6.62. The first-order chi connectivity index (χ1) is 14.4. The van der Waals surface area contributed by atoms with Gasteiger partial charge >= 0.3 is 0 Å². The Morgan fingerprint density at radius 1 is 0.828 bits per heavy atom. The van der Waals surface area contributed by atoms with Gasteiger partial charge < -0.3 is 10.1 Å². The van der Waals surface area contributed by atoms with Crippen molar-refractivity contribution >= 4 is 17.4 Å². The van der Waals surface area contributed by atoms with Crippen LogP contribution in [0, 0.1) is 0 Å². The molecule has 142 valence electrons. The fourth-order valence-electron chi connectivity index (χ4n) is 3.21. The number of anilines is 1. The molecule has 4 aromatic rings. The molecule has 0 spiro atoms. The zero-order valence-corrected chi connectivity index (χ0v) is 16.3. The fourth-order valence-corrected chi connectivity index (χ4v) is 3.94. The van der Waals surface area contributed by atoms with E-state index >= 15 is 0 Å². The maximum absolute atomic E-state index is 6.28. The van der Waals surface area contributed by atoms with Gasteiger partial charge in [0.15, 0.2) is 11.9 Å². The lowest BCUT2D eigenvalue weighted by Gasteiger charge is -2.19. The van der Waals surface area contributed by atoms with Crippen LogP contribution in [0.5, 0.6) is 5.88 Å². The molecule has 0 bridgehead atoms. The maximum atomic E-state index is 6.28. The number of fused-ring (bicyclic) bond motifs is 3. The molecule has 1 unspecified atom stereocenters. The molecule has 0 saturated carbocycles. The molecule has 2 heterocycles. The van der Waals surface area contributed by atoms with Crippen LogP contribution in [0.4, 0.5) is 5.69 Å². The number of ether oxygens (including phenoxy) is 1. The monoisotopic (exact) mass is 398 g/mol. The SMILES string of the molecule is c1ccc(CSc2nnc3c(n2)OC(c2ccccc2)Nc2ccccc2-3)cc1. The van der Waals surface area contributed by atoms with Crippen LogP contribution in [-0.2, 0) is 5.75 Å². The zero-order valence-electron chi connectivity index (χ0n) is 15.5. The number of aromatic nitrogens is 3. The van der Waals surface area contributed by atoms with Crippen molar-refractivity contribution < 1.29 is 4.74 Å². The third-order valence-corrected chi connectivity index (χ3v) is 5.56. The summed E-state index contributed by atoms with van der Waals surface area (Å²) in [6.45, 7) is 0. The van der Waals surface area contributed by atoms with Crippen LogP contribution in [0.2, 0.25) is 0 Å². The van der Waals surface area contributed by atoms with Gasteiger partial charge in [0.05, 0.1) is 0 Å². The quantitative estimate of drug-likeness (QED) is 0.469. The van der Waals surface area contributed by atoms with Crippen LogP contribution < -0.4 is 10.1 Å². The van der Waals surface area contributed by atoms with Gasteiger partial charge in [0.25, 0.3) is 0 Å². The Morgan fingerprint density at radius 3 is 2.38 bits per heavy atom. The Morgan fingerprint density at radius 2 is 1.55 bits per heavy atom. The number of benzene rings is 3. The molecule has 6 heteroatoms. The third-order valence-electron chi connectivity index (χ3n) is 4.65. The molecule has 1 N–H and O–H groups in total. The fraction of sp³-hybridized carbons (Fsp3) is 0.0870. The average Bonchev–Trinajstić information content (AvgIpc) is 2.95. The van der Waals surface area contributed by atoms with E-state index in [1.54, 1.807) is 11.8 Å². The molecule has 29 heavy (non-hydrogen) atoms. The van der Waals surface area contributed by atoms with Crippen molar-refractivity contribution in [3.8, 4) is 17.1 Å². The van der Waals surface area contributed by atoms with Gasteiger partial charge in [-0.25, -0.2) is 0 Å². The predicted octanol–water partition coefficient (Wildman–Crippen LogP) is 5.33. The van der Waals surface area contributed by atoms with Gasteiger partial charge in [-0.3, -0.25) is 0 Å². The van der Waals surface area contributed by atoms with Crippen molar-refractivity contribution in [2.45, 2.75) is 17.1 Å². The van der Waals surface area contributed by atoms with Gasteiger partial charge in [-0.15, -0.1) is 10.2 Å². The van der Waals surface area contributed by atoms with Crippen molar-refractivity contribution in [2.24, 2.45) is 0 Å². The van der Waals surface area contributed by atoms with Crippen LogP contribution in [0.15, 0.2) is 90.1 Å². The van der Waals surface area contributed by atoms with Crippen LogP contribution >= 0.6 is 11.8 Å². The van der Waals surface area contributed by atoms with E-state index in [0.717, 1.165) is 22.6 Å². The molecule has 5 nitrogen and oxygen atoms in total. The minimum Gasteiger partial charge on any atom is -0.448 e. The van der Waals surface area contributed by atoms with Crippen LogP contribution in [-0.4, -0.2) is 15.2 Å². The van der Waals surface area contributed by atoms with E-state index in [2.05, 4.69) is 27.6 Å². The average molecular weight is 398 g/mol. The molecule has 5 rings (SSSR count). The topological polar surface area (TPSA) is 59.9 Å². The van der Waals surface area contributed by atoms with E-state index in [1.807, 2.05) is 72.8 Å². The summed E-state index contributed by atoms with van der Waals surface area (Å²) in [6, 6.07) is 28.3. The number of nitrogens with zero attached hydrogens (tertiary/aromatic N) is 3. The molecule has 3 aromatic carbocycles. The summed E-state index contributed by atoms with van der Waals surface area (Å²) in [5.74, 6) is 1.26. The summed E-state index contributed by atoms with van der Waals surface area (Å²) in [5, 5.41) is 12.9. The summed E-state index contributed by atoms with van der Waals surface area (Å²) in [4.78, 5) is 4.69. The highest BCUT2D eigenvalue weighted by molar-refractivity contribution is 7.98. The molecule has 0 radical (unpaired) electrons. The largest absolute Gasteiger partial charge is 0.448 e. The van der Waals surface area contributed by atoms with Gasteiger partial charge in [-0.05, 0) is 11.6 Å². The van der Waals surface area contributed by atoms with E-state index in [1.165, 1.54) is 5.56 Å². The van der Waals surface area contributed by atoms with Crippen LogP contribution in [0.3, 0.4) is 0 Å².